The van der Waals surface area contributed by atoms with E-state index in [0.717, 1.165) is 24.0 Å². The van der Waals surface area contributed by atoms with Gasteiger partial charge in [-0.1, -0.05) is 37.6 Å². The lowest BCUT2D eigenvalue weighted by molar-refractivity contribution is 0.325. The molecule has 1 aliphatic rings. The Bertz CT molecular complexity index is 408. The summed E-state index contributed by atoms with van der Waals surface area (Å²) in [6, 6.07) is 7.20. The van der Waals surface area contributed by atoms with Crippen LogP contribution in [0.15, 0.2) is 18.2 Å². The summed E-state index contributed by atoms with van der Waals surface area (Å²) in [5.74, 6) is 0. The fraction of sp³-hybridized carbons (Fsp3) is 0.625. The van der Waals surface area contributed by atoms with Crippen LogP contribution < -0.4 is 5.32 Å². The van der Waals surface area contributed by atoms with E-state index in [1.165, 1.54) is 30.4 Å². The van der Waals surface area contributed by atoms with Crippen LogP contribution in [0, 0.1) is 12.3 Å². The molecule has 1 aromatic carbocycles. The molecule has 1 saturated carbocycles. The minimum Gasteiger partial charge on any atom is -0.314 e. The number of aryl methyl sites for hydroxylation is 1. The molecule has 0 heterocycles. The Kier molecular flexibility index (Phi) is 4.34. The summed E-state index contributed by atoms with van der Waals surface area (Å²) in [7, 11) is 0. The maximum Gasteiger partial charge on any atom is 0.0440 e. The summed E-state index contributed by atoms with van der Waals surface area (Å²) in [5, 5.41) is 4.50. The predicted molar refractivity (Wildman–Crippen MR) is 79.3 cm³/mol. The van der Waals surface area contributed by atoms with E-state index in [0.29, 0.717) is 5.41 Å². The topological polar surface area (TPSA) is 12.0 Å². The normalized spacial score (nSPS) is 16.0. The second-order valence-electron chi connectivity index (χ2n) is 6.41. The molecular formula is C16H24ClN. The highest BCUT2D eigenvalue weighted by Crippen LogP contribution is 2.30. The SMILES string of the molecule is Cc1ccc(CC(C)(C)CCNC2CC2)c(Cl)c1. The van der Waals surface area contributed by atoms with Gasteiger partial charge in [0.05, 0.1) is 0 Å². The first-order valence-corrected chi connectivity index (χ1v) is 7.32. The lowest BCUT2D eigenvalue weighted by atomic mass is 9.82. The molecule has 100 valence electrons. The fourth-order valence-electron chi connectivity index (χ4n) is 2.30. The van der Waals surface area contributed by atoms with E-state index in [2.05, 4.69) is 44.3 Å². The van der Waals surface area contributed by atoms with Crippen molar-refractivity contribution >= 4 is 11.6 Å². The van der Waals surface area contributed by atoms with Gasteiger partial charge in [-0.3, -0.25) is 0 Å². The lowest BCUT2D eigenvalue weighted by Gasteiger charge is -2.25. The standard InChI is InChI=1S/C16H24ClN/c1-12-4-5-13(15(17)10-12)11-16(2,3)8-9-18-14-6-7-14/h4-5,10,14,18H,6-9,11H2,1-3H3. The summed E-state index contributed by atoms with van der Waals surface area (Å²) in [6.45, 7) is 7.87. The van der Waals surface area contributed by atoms with Crippen molar-refractivity contribution in [3.05, 3.63) is 34.3 Å². The molecule has 2 rings (SSSR count). The number of nitrogens with one attached hydrogen (secondary N) is 1. The van der Waals surface area contributed by atoms with Crippen LogP contribution in [0.5, 0.6) is 0 Å². The van der Waals surface area contributed by atoms with Gasteiger partial charge in [0.2, 0.25) is 0 Å². The van der Waals surface area contributed by atoms with Crippen molar-refractivity contribution < 1.29 is 0 Å². The molecule has 18 heavy (non-hydrogen) atoms. The predicted octanol–water partition coefficient (Wildman–Crippen LogP) is 4.36. The first-order valence-electron chi connectivity index (χ1n) is 6.95. The lowest BCUT2D eigenvalue weighted by Crippen LogP contribution is -2.25. The van der Waals surface area contributed by atoms with Crippen molar-refractivity contribution in [2.75, 3.05) is 6.54 Å². The molecule has 2 heteroatoms. The highest BCUT2D eigenvalue weighted by Gasteiger charge is 2.23. The zero-order valence-corrected chi connectivity index (χ0v) is 12.5. The molecule has 1 aliphatic carbocycles. The molecule has 0 spiro atoms. The molecule has 0 radical (unpaired) electrons. The van der Waals surface area contributed by atoms with Gasteiger partial charge in [-0.05, 0) is 61.8 Å². The summed E-state index contributed by atoms with van der Waals surface area (Å²) in [4.78, 5) is 0. The number of rotatable bonds is 6. The zero-order valence-electron chi connectivity index (χ0n) is 11.7. The number of hydrogen-bond donors (Lipinski definition) is 1. The van der Waals surface area contributed by atoms with Crippen molar-refractivity contribution in [1.29, 1.82) is 0 Å². The van der Waals surface area contributed by atoms with Gasteiger partial charge >= 0.3 is 0 Å². The Morgan fingerprint density at radius 1 is 1.33 bits per heavy atom. The van der Waals surface area contributed by atoms with Gasteiger partial charge < -0.3 is 5.32 Å². The maximum atomic E-state index is 6.31. The average molecular weight is 266 g/mol. The van der Waals surface area contributed by atoms with E-state index in [1.807, 2.05) is 0 Å². The minimum absolute atomic E-state index is 0.306. The monoisotopic (exact) mass is 265 g/mol. The van der Waals surface area contributed by atoms with Gasteiger partial charge in [0, 0.05) is 11.1 Å². The van der Waals surface area contributed by atoms with E-state index in [-0.39, 0.29) is 0 Å². The quantitative estimate of drug-likeness (QED) is 0.806. The molecule has 0 unspecified atom stereocenters. The Morgan fingerprint density at radius 2 is 2.06 bits per heavy atom. The van der Waals surface area contributed by atoms with Crippen LogP contribution in [0.25, 0.3) is 0 Å². The van der Waals surface area contributed by atoms with Crippen LogP contribution in [0.3, 0.4) is 0 Å². The number of hydrogen-bond acceptors (Lipinski definition) is 1. The largest absolute Gasteiger partial charge is 0.314 e. The second-order valence-corrected chi connectivity index (χ2v) is 6.82. The molecule has 0 atom stereocenters. The highest BCUT2D eigenvalue weighted by atomic mass is 35.5. The Labute approximate surface area is 116 Å². The average Bonchev–Trinajstić information content (AvgIpc) is 3.06. The minimum atomic E-state index is 0.306. The first kappa shape index (κ1) is 13.9. The van der Waals surface area contributed by atoms with Gasteiger partial charge in [0.15, 0.2) is 0 Å². The second kappa shape index (κ2) is 5.63. The van der Waals surface area contributed by atoms with Crippen LogP contribution in [0.2, 0.25) is 5.02 Å². The molecule has 0 saturated heterocycles. The summed E-state index contributed by atoms with van der Waals surface area (Å²) >= 11 is 6.31. The zero-order chi connectivity index (χ0) is 13.2. The highest BCUT2D eigenvalue weighted by molar-refractivity contribution is 6.31. The molecule has 1 N–H and O–H groups in total. The van der Waals surface area contributed by atoms with Crippen molar-refractivity contribution in [2.24, 2.45) is 5.41 Å². The first-order chi connectivity index (χ1) is 8.46. The van der Waals surface area contributed by atoms with E-state index >= 15 is 0 Å². The molecule has 0 bridgehead atoms. The molecule has 1 aromatic rings. The molecule has 0 amide bonds. The maximum absolute atomic E-state index is 6.31. The molecule has 1 nitrogen and oxygen atoms in total. The fourth-order valence-corrected chi connectivity index (χ4v) is 2.60. The van der Waals surface area contributed by atoms with E-state index in [4.69, 9.17) is 11.6 Å². The third kappa shape index (κ3) is 4.29. The van der Waals surface area contributed by atoms with Crippen molar-refractivity contribution in [3.63, 3.8) is 0 Å². The molecule has 0 aromatic heterocycles. The Hall–Kier alpha value is -0.530. The van der Waals surface area contributed by atoms with E-state index in [9.17, 15) is 0 Å². The summed E-state index contributed by atoms with van der Waals surface area (Å²) in [6.07, 6.45) is 4.99. The molecule has 0 aliphatic heterocycles. The van der Waals surface area contributed by atoms with Gasteiger partial charge in [-0.25, -0.2) is 0 Å². The number of benzene rings is 1. The van der Waals surface area contributed by atoms with Gasteiger partial charge in [0.25, 0.3) is 0 Å². The van der Waals surface area contributed by atoms with Crippen molar-refractivity contribution in [1.82, 2.24) is 5.32 Å². The van der Waals surface area contributed by atoms with E-state index in [1.54, 1.807) is 0 Å². The van der Waals surface area contributed by atoms with Gasteiger partial charge in [0.1, 0.15) is 0 Å². The summed E-state index contributed by atoms with van der Waals surface area (Å²) < 4.78 is 0. The molecule has 1 fully saturated rings. The van der Waals surface area contributed by atoms with Gasteiger partial charge in [-0.2, -0.15) is 0 Å². The summed E-state index contributed by atoms with van der Waals surface area (Å²) in [5.41, 5.74) is 2.82. The van der Waals surface area contributed by atoms with Crippen molar-refractivity contribution in [3.8, 4) is 0 Å². The van der Waals surface area contributed by atoms with Crippen LogP contribution in [-0.2, 0) is 6.42 Å². The van der Waals surface area contributed by atoms with E-state index < -0.39 is 0 Å². The third-order valence-electron chi connectivity index (χ3n) is 3.69. The third-order valence-corrected chi connectivity index (χ3v) is 4.04. The Balaban J connectivity index is 1.88. The molecular weight excluding hydrogens is 242 g/mol. The Morgan fingerprint density at radius 3 is 2.67 bits per heavy atom. The van der Waals surface area contributed by atoms with Crippen LogP contribution in [0.4, 0.5) is 0 Å². The van der Waals surface area contributed by atoms with Gasteiger partial charge in [-0.15, -0.1) is 0 Å². The van der Waals surface area contributed by atoms with Crippen LogP contribution in [-0.4, -0.2) is 12.6 Å². The van der Waals surface area contributed by atoms with Crippen molar-refractivity contribution in [2.45, 2.75) is 52.5 Å². The smallest absolute Gasteiger partial charge is 0.0440 e. The number of halogens is 1. The van der Waals surface area contributed by atoms with Crippen LogP contribution in [0.1, 0.15) is 44.2 Å². The van der Waals surface area contributed by atoms with Crippen LogP contribution >= 0.6 is 11.6 Å².